The lowest BCUT2D eigenvalue weighted by molar-refractivity contribution is 0.0587. The first kappa shape index (κ1) is 25.7. The minimum absolute atomic E-state index is 0.0550. The van der Waals surface area contributed by atoms with Crippen molar-refractivity contribution in [3.63, 3.8) is 0 Å². The Labute approximate surface area is 188 Å². The van der Waals surface area contributed by atoms with E-state index in [4.69, 9.17) is 9.47 Å². The molecule has 0 amide bonds. The summed E-state index contributed by atoms with van der Waals surface area (Å²) >= 11 is 0. The minimum atomic E-state index is -4.13. The molecule has 10 heteroatoms. The first-order valence-electron chi connectivity index (χ1n) is 10.1. The summed E-state index contributed by atoms with van der Waals surface area (Å²) in [7, 11) is -1.45. The van der Waals surface area contributed by atoms with Gasteiger partial charge in [-0.25, -0.2) is 17.6 Å². The number of hydrogen-bond donors (Lipinski definition) is 0. The quantitative estimate of drug-likeness (QED) is 0.393. The van der Waals surface area contributed by atoms with Crippen LogP contribution < -0.4 is 0 Å². The van der Waals surface area contributed by atoms with Crippen molar-refractivity contribution in [3.05, 3.63) is 52.6 Å². The van der Waals surface area contributed by atoms with E-state index in [0.29, 0.717) is 17.8 Å². The number of aromatic nitrogens is 1. The van der Waals surface area contributed by atoms with Crippen LogP contribution in [-0.4, -0.2) is 62.5 Å². The number of ether oxygens (including phenoxy) is 2. The predicted molar refractivity (Wildman–Crippen MR) is 117 cm³/mol. The van der Waals surface area contributed by atoms with E-state index in [0.717, 1.165) is 28.6 Å². The molecule has 0 bridgehead atoms. The second-order valence-electron chi connectivity index (χ2n) is 7.27. The second-order valence-corrected chi connectivity index (χ2v) is 9.16. The predicted octanol–water partition coefficient (Wildman–Crippen LogP) is 2.96. The number of halogens is 1. The van der Waals surface area contributed by atoms with Crippen molar-refractivity contribution in [2.45, 2.75) is 45.2 Å². The van der Waals surface area contributed by atoms with Gasteiger partial charge in [0.15, 0.2) is 5.78 Å². The zero-order chi connectivity index (χ0) is 24.2. The average Bonchev–Trinajstić information content (AvgIpc) is 3.02. The van der Waals surface area contributed by atoms with Gasteiger partial charge in [0, 0.05) is 31.5 Å². The van der Waals surface area contributed by atoms with Crippen LogP contribution in [0.4, 0.5) is 4.39 Å². The fourth-order valence-corrected chi connectivity index (χ4v) is 5.38. The van der Waals surface area contributed by atoms with E-state index >= 15 is 0 Å². The molecule has 32 heavy (non-hydrogen) atoms. The number of benzene rings is 1. The van der Waals surface area contributed by atoms with Crippen molar-refractivity contribution in [3.8, 4) is 0 Å². The summed E-state index contributed by atoms with van der Waals surface area (Å²) in [5, 5.41) is 0. The average molecular weight is 469 g/mol. The Morgan fingerprint density at radius 3 is 2.25 bits per heavy atom. The third kappa shape index (κ3) is 4.77. The highest BCUT2D eigenvalue weighted by Gasteiger charge is 2.36. The van der Waals surface area contributed by atoms with Gasteiger partial charge in [0.05, 0.1) is 24.7 Å². The Morgan fingerprint density at radius 2 is 1.75 bits per heavy atom. The van der Waals surface area contributed by atoms with Gasteiger partial charge in [0.25, 0.3) is 0 Å². The smallest absolute Gasteiger partial charge is 0.354 e. The number of ketones is 1. The van der Waals surface area contributed by atoms with Crippen molar-refractivity contribution >= 4 is 21.8 Å². The van der Waals surface area contributed by atoms with Gasteiger partial charge >= 0.3 is 5.97 Å². The number of rotatable bonds is 10. The normalized spacial score (nSPS) is 12.8. The number of esters is 1. The van der Waals surface area contributed by atoms with Crippen LogP contribution in [0.1, 0.15) is 46.0 Å². The Morgan fingerprint density at radius 1 is 1.16 bits per heavy atom. The number of carbonyl (C=O) groups excluding carboxylic acids is 2. The fraction of sp³-hybridized carbons (Fsp3) is 0.455. The molecule has 1 heterocycles. The van der Waals surface area contributed by atoms with E-state index in [2.05, 4.69) is 0 Å². The molecule has 0 aliphatic rings. The molecule has 1 atom stereocenters. The number of carbonyl (C=O) groups is 2. The summed E-state index contributed by atoms with van der Waals surface area (Å²) in [6.45, 7) is 7.06. The van der Waals surface area contributed by atoms with E-state index in [9.17, 15) is 22.4 Å². The Balaban J connectivity index is 2.57. The summed E-state index contributed by atoms with van der Waals surface area (Å²) in [5.41, 5.74) is 1.51. The molecule has 176 valence electrons. The van der Waals surface area contributed by atoms with E-state index < -0.39 is 33.6 Å². The summed E-state index contributed by atoms with van der Waals surface area (Å²) in [4.78, 5) is 25.7. The third-order valence-electron chi connectivity index (χ3n) is 5.46. The summed E-state index contributed by atoms with van der Waals surface area (Å²) < 4.78 is 52.5. The lowest BCUT2D eigenvalue weighted by atomic mass is 10.0. The highest BCUT2D eigenvalue weighted by atomic mass is 32.2. The van der Waals surface area contributed by atoms with Gasteiger partial charge in [-0.1, -0.05) is 0 Å². The first-order chi connectivity index (χ1) is 15.0. The van der Waals surface area contributed by atoms with Crippen LogP contribution >= 0.6 is 0 Å². The van der Waals surface area contributed by atoms with Gasteiger partial charge in [-0.15, -0.1) is 0 Å². The summed E-state index contributed by atoms with van der Waals surface area (Å²) in [5.74, 6) is -1.60. The van der Waals surface area contributed by atoms with E-state index in [1.807, 2.05) is 6.92 Å². The van der Waals surface area contributed by atoms with Crippen LogP contribution in [0.15, 0.2) is 29.2 Å². The summed E-state index contributed by atoms with van der Waals surface area (Å²) in [6.07, 6.45) is 0. The van der Waals surface area contributed by atoms with Crippen LogP contribution in [-0.2, 0) is 26.0 Å². The highest BCUT2D eigenvalue weighted by Crippen LogP contribution is 2.27. The number of methoxy groups -OCH3 is 2. The third-order valence-corrected chi connectivity index (χ3v) is 7.44. The highest BCUT2D eigenvalue weighted by molar-refractivity contribution is 7.89. The zero-order valence-corrected chi connectivity index (χ0v) is 20.0. The van der Waals surface area contributed by atoms with Gasteiger partial charge in [-0.2, -0.15) is 4.31 Å². The monoisotopic (exact) mass is 468 g/mol. The van der Waals surface area contributed by atoms with Crippen molar-refractivity contribution in [1.29, 1.82) is 0 Å². The molecular weight excluding hydrogens is 439 g/mol. The molecular formula is C22H29FN2O6S. The van der Waals surface area contributed by atoms with Gasteiger partial charge in [-0.3, -0.25) is 4.79 Å². The number of Topliss-reactive ketones (excluding diaryl/α,β-unsaturated/α-hetero) is 1. The Bertz CT molecular complexity index is 1090. The molecule has 0 fully saturated rings. The number of sulfonamides is 1. The van der Waals surface area contributed by atoms with E-state index in [1.54, 1.807) is 18.4 Å². The standard InChI is InChI=1S/C22H29FN2O6S/c1-7-24-15(3)19(14(2)20(24)22(27)31-6)21(26)16(4)25(12-13-30-5)32(28,29)18-10-8-17(23)9-11-18/h8-11,16H,7,12-13H2,1-6H3/t16-/m1/s1. The van der Waals surface area contributed by atoms with Crippen LogP contribution in [0.2, 0.25) is 0 Å². The summed E-state index contributed by atoms with van der Waals surface area (Å²) in [6, 6.07) is 3.30. The molecule has 0 saturated carbocycles. The molecule has 2 aromatic rings. The van der Waals surface area contributed by atoms with Crippen molar-refractivity contribution in [1.82, 2.24) is 8.87 Å². The van der Waals surface area contributed by atoms with Crippen molar-refractivity contribution in [2.24, 2.45) is 0 Å². The maximum absolute atomic E-state index is 13.5. The molecule has 1 aromatic carbocycles. The lowest BCUT2D eigenvalue weighted by Gasteiger charge is -2.27. The second kappa shape index (κ2) is 10.4. The van der Waals surface area contributed by atoms with Gasteiger partial charge in [0.2, 0.25) is 10.0 Å². The first-order valence-corrected chi connectivity index (χ1v) is 11.5. The van der Waals surface area contributed by atoms with Crippen LogP contribution in [0.5, 0.6) is 0 Å². The van der Waals surface area contributed by atoms with Gasteiger partial charge < -0.3 is 14.0 Å². The number of hydrogen-bond acceptors (Lipinski definition) is 6. The van der Waals surface area contributed by atoms with Gasteiger partial charge in [-0.05, 0) is 57.5 Å². The molecule has 2 rings (SSSR count). The van der Waals surface area contributed by atoms with Crippen LogP contribution in [0.25, 0.3) is 0 Å². The Kier molecular flexibility index (Phi) is 8.33. The number of nitrogens with zero attached hydrogens (tertiary/aromatic N) is 2. The van der Waals surface area contributed by atoms with Crippen molar-refractivity contribution < 1.29 is 31.9 Å². The van der Waals surface area contributed by atoms with Crippen LogP contribution in [0, 0.1) is 19.7 Å². The maximum atomic E-state index is 13.5. The molecule has 0 radical (unpaired) electrons. The van der Waals surface area contributed by atoms with E-state index in [-0.39, 0.29) is 29.3 Å². The molecule has 8 nitrogen and oxygen atoms in total. The van der Waals surface area contributed by atoms with Crippen LogP contribution in [0.3, 0.4) is 0 Å². The molecule has 0 saturated heterocycles. The molecule has 0 aliphatic heterocycles. The van der Waals surface area contributed by atoms with Gasteiger partial charge in [0.1, 0.15) is 11.5 Å². The fourth-order valence-electron chi connectivity index (χ4n) is 3.80. The maximum Gasteiger partial charge on any atom is 0.354 e. The lowest BCUT2D eigenvalue weighted by Crippen LogP contribution is -2.45. The SMILES string of the molecule is CCn1c(C)c(C(=O)[C@@H](C)N(CCOC)S(=O)(=O)c2ccc(F)cc2)c(C)c1C(=O)OC. The molecule has 0 aliphatic carbocycles. The molecule has 1 aromatic heterocycles. The van der Waals surface area contributed by atoms with Crippen molar-refractivity contribution in [2.75, 3.05) is 27.4 Å². The molecule has 0 unspecified atom stereocenters. The van der Waals surface area contributed by atoms with E-state index in [1.165, 1.54) is 21.1 Å². The topological polar surface area (TPSA) is 94.9 Å². The Hall–Kier alpha value is -2.56. The zero-order valence-electron chi connectivity index (χ0n) is 19.1. The molecule has 0 N–H and O–H groups in total. The molecule has 0 spiro atoms. The minimum Gasteiger partial charge on any atom is -0.464 e. The largest absolute Gasteiger partial charge is 0.464 e.